The molecule has 0 bridgehead atoms. The van der Waals surface area contributed by atoms with E-state index in [0.717, 1.165) is 8.95 Å². The Labute approximate surface area is 126 Å². The summed E-state index contributed by atoms with van der Waals surface area (Å²) in [5.41, 5.74) is 0.575. The van der Waals surface area contributed by atoms with Crippen LogP contribution in [0.1, 0.15) is 16.2 Å². The average molecular weight is 387 g/mol. The van der Waals surface area contributed by atoms with Crippen molar-refractivity contribution in [2.24, 2.45) is 0 Å². The molecule has 0 saturated heterocycles. The van der Waals surface area contributed by atoms with E-state index < -0.39 is 5.97 Å². The first-order valence-corrected chi connectivity index (χ1v) is 6.92. The lowest BCUT2D eigenvalue weighted by atomic mass is 10.3. The van der Waals surface area contributed by atoms with Crippen molar-refractivity contribution in [1.29, 1.82) is 0 Å². The quantitative estimate of drug-likeness (QED) is 0.865. The first-order chi connectivity index (χ1) is 9.06. The van der Waals surface area contributed by atoms with Crippen LogP contribution in [-0.2, 0) is 6.61 Å². The highest BCUT2D eigenvalue weighted by molar-refractivity contribution is 9.11. The molecule has 19 heavy (non-hydrogen) atoms. The van der Waals surface area contributed by atoms with Crippen LogP contribution in [-0.4, -0.2) is 16.1 Å². The number of hydrogen-bond acceptors (Lipinski definition) is 3. The molecular weight excluding hydrogens is 378 g/mol. The van der Waals surface area contributed by atoms with Gasteiger partial charge in [-0.25, -0.2) is 9.78 Å². The minimum atomic E-state index is -1.05. The summed E-state index contributed by atoms with van der Waals surface area (Å²) in [6.07, 6.45) is 0. The molecule has 0 saturated carbocycles. The van der Waals surface area contributed by atoms with Crippen LogP contribution >= 0.6 is 31.9 Å². The van der Waals surface area contributed by atoms with Crippen LogP contribution in [0.4, 0.5) is 0 Å². The number of halogens is 2. The fourth-order valence-electron chi connectivity index (χ4n) is 1.42. The molecule has 98 valence electrons. The van der Waals surface area contributed by atoms with E-state index >= 15 is 0 Å². The minimum Gasteiger partial charge on any atom is -0.486 e. The van der Waals surface area contributed by atoms with Gasteiger partial charge in [-0.2, -0.15) is 0 Å². The summed E-state index contributed by atoms with van der Waals surface area (Å²) in [5.74, 6) is -0.377. The first-order valence-electron chi connectivity index (χ1n) is 5.33. The molecule has 0 spiro atoms. The largest absolute Gasteiger partial charge is 0.486 e. The molecule has 1 aromatic heterocycles. The molecule has 0 atom stereocenters. The molecule has 0 aliphatic rings. The van der Waals surface area contributed by atoms with E-state index in [2.05, 4.69) is 36.8 Å². The number of carbonyl (C=O) groups is 1. The van der Waals surface area contributed by atoms with E-state index in [1.165, 1.54) is 6.07 Å². The number of benzene rings is 1. The van der Waals surface area contributed by atoms with E-state index in [1.807, 2.05) is 18.2 Å². The summed E-state index contributed by atoms with van der Waals surface area (Å²) in [6.45, 7) is 0.210. The summed E-state index contributed by atoms with van der Waals surface area (Å²) < 4.78 is 7.35. The van der Waals surface area contributed by atoms with Gasteiger partial charge in [0.1, 0.15) is 18.1 Å². The highest BCUT2D eigenvalue weighted by Crippen LogP contribution is 2.28. The summed E-state index contributed by atoms with van der Waals surface area (Å²) in [4.78, 5) is 14.8. The number of nitrogens with zero attached hydrogens (tertiary/aromatic N) is 1. The Balaban J connectivity index is 2.10. The third-order valence-corrected chi connectivity index (χ3v) is 3.41. The van der Waals surface area contributed by atoms with Gasteiger partial charge in [0.05, 0.1) is 10.2 Å². The van der Waals surface area contributed by atoms with Gasteiger partial charge in [-0.3, -0.25) is 0 Å². The van der Waals surface area contributed by atoms with Crippen LogP contribution < -0.4 is 4.74 Å². The van der Waals surface area contributed by atoms with Crippen LogP contribution in [0.25, 0.3) is 0 Å². The van der Waals surface area contributed by atoms with E-state index in [9.17, 15) is 4.79 Å². The predicted molar refractivity (Wildman–Crippen MR) is 77.4 cm³/mol. The van der Waals surface area contributed by atoms with E-state index in [4.69, 9.17) is 9.84 Å². The van der Waals surface area contributed by atoms with Crippen LogP contribution in [0, 0.1) is 0 Å². The molecule has 0 unspecified atom stereocenters. The van der Waals surface area contributed by atoms with Crippen LogP contribution in [0.15, 0.2) is 45.3 Å². The van der Waals surface area contributed by atoms with Gasteiger partial charge in [0, 0.05) is 4.47 Å². The Morgan fingerprint density at radius 2 is 2.05 bits per heavy atom. The summed E-state index contributed by atoms with van der Waals surface area (Å²) in [7, 11) is 0. The molecule has 0 amide bonds. The zero-order valence-electron chi connectivity index (χ0n) is 9.64. The standard InChI is InChI=1S/C13H9Br2NO3/c14-8-4-5-12(10(15)6-8)19-7-9-2-1-3-11(16-9)13(17)18/h1-6H,7H2,(H,17,18). The van der Waals surface area contributed by atoms with Crippen molar-refractivity contribution in [2.45, 2.75) is 6.61 Å². The Hall–Kier alpha value is -1.40. The Morgan fingerprint density at radius 3 is 2.74 bits per heavy atom. The molecule has 4 nitrogen and oxygen atoms in total. The molecule has 2 aromatic rings. The van der Waals surface area contributed by atoms with E-state index in [-0.39, 0.29) is 12.3 Å². The topological polar surface area (TPSA) is 59.4 Å². The van der Waals surface area contributed by atoms with E-state index in [1.54, 1.807) is 12.1 Å². The first kappa shape index (κ1) is 14.0. The molecule has 2 rings (SSSR count). The monoisotopic (exact) mass is 385 g/mol. The normalized spacial score (nSPS) is 10.2. The molecule has 1 N–H and O–H groups in total. The minimum absolute atomic E-state index is 0.0102. The fraction of sp³-hybridized carbons (Fsp3) is 0.0769. The van der Waals surface area contributed by atoms with Crippen molar-refractivity contribution in [3.8, 4) is 5.75 Å². The molecule has 0 aliphatic heterocycles. The van der Waals surface area contributed by atoms with Gasteiger partial charge in [-0.05, 0) is 46.3 Å². The van der Waals surface area contributed by atoms with Crippen molar-refractivity contribution in [3.63, 3.8) is 0 Å². The van der Waals surface area contributed by atoms with Crippen LogP contribution in [0.3, 0.4) is 0 Å². The van der Waals surface area contributed by atoms with Gasteiger partial charge in [0.15, 0.2) is 0 Å². The molecule has 1 heterocycles. The van der Waals surface area contributed by atoms with Crippen molar-refractivity contribution < 1.29 is 14.6 Å². The van der Waals surface area contributed by atoms with Crippen LogP contribution in [0.5, 0.6) is 5.75 Å². The maximum Gasteiger partial charge on any atom is 0.354 e. The maximum atomic E-state index is 10.8. The fourth-order valence-corrected chi connectivity index (χ4v) is 2.58. The Bertz CT molecular complexity index is 617. The molecule has 0 fully saturated rings. The smallest absolute Gasteiger partial charge is 0.354 e. The lowest BCUT2D eigenvalue weighted by Crippen LogP contribution is -2.05. The predicted octanol–water partition coefficient (Wildman–Crippen LogP) is 3.88. The molecule has 6 heteroatoms. The maximum absolute atomic E-state index is 10.8. The summed E-state index contributed by atoms with van der Waals surface area (Å²) in [5, 5.41) is 8.85. The van der Waals surface area contributed by atoms with Crippen molar-refractivity contribution in [3.05, 3.63) is 56.7 Å². The number of ether oxygens (including phenoxy) is 1. The number of carboxylic acids is 1. The molecular formula is C13H9Br2NO3. The van der Waals surface area contributed by atoms with Gasteiger partial charge in [0.25, 0.3) is 0 Å². The van der Waals surface area contributed by atoms with Gasteiger partial charge in [-0.1, -0.05) is 22.0 Å². The zero-order chi connectivity index (χ0) is 13.8. The van der Waals surface area contributed by atoms with Gasteiger partial charge < -0.3 is 9.84 Å². The Kier molecular flexibility index (Phi) is 4.55. The van der Waals surface area contributed by atoms with Crippen molar-refractivity contribution in [2.75, 3.05) is 0 Å². The SMILES string of the molecule is O=C(O)c1cccc(COc2ccc(Br)cc2Br)n1. The van der Waals surface area contributed by atoms with Crippen molar-refractivity contribution >= 4 is 37.8 Å². The number of aromatic carboxylic acids is 1. The number of aromatic nitrogens is 1. The van der Waals surface area contributed by atoms with Gasteiger partial charge in [0.2, 0.25) is 0 Å². The zero-order valence-corrected chi connectivity index (χ0v) is 12.8. The number of hydrogen-bond donors (Lipinski definition) is 1. The third kappa shape index (κ3) is 3.78. The highest BCUT2D eigenvalue weighted by Gasteiger charge is 2.07. The number of carboxylic acid groups (broad SMARTS) is 1. The summed E-state index contributed by atoms with van der Waals surface area (Å²) in [6, 6.07) is 10.4. The second-order valence-electron chi connectivity index (χ2n) is 3.68. The third-order valence-electron chi connectivity index (χ3n) is 2.30. The average Bonchev–Trinajstić information content (AvgIpc) is 2.38. The van der Waals surface area contributed by atoms with Gasteiger partial charge >= 0.3 is 5.97 Å². The van der Waals surface area contributed by atoms with Crippen LogP contribution in [0.2, 0.25) is 0 Å². The summed E-state index contributed by atoms with van der Waals surface area (Å²) >= 11 is 6.74. The molecule has 0 radical (unpaired) electrons. The van der Waals surface area contributed by atoms with E-state index in [0.29, 0.717) is 11.4 Å². The lowest BCUT2D eigenvalue weighted by Gasteiger charge is -2.08. The Morgan fingerprint density at radius 1 is 1.26 bits per heavy atom. The lowest BCUT2D eigenvalue weighted by molar-refractivity contribution is 0.0690. The second-order valence-corrected chi connectivity index (χ2v) is 5.45. The number of rotatable bonds is 4. The molecule has 0 aliphatic carbocycles. The number of pyridine rings is 1. The van der Waals surface area contributed by atoms with Gasteiger partial charge in [-0.15, -0.1) is 0 Å². The second kappa shape index (κ2) is 6.16. The molecule has 1 aromatic carbocycles. The van der Waals surface area contributed by atoms with Crippen molar-refractivity contribution in [1.82, 2.24) is 4.98 Å². The highest BCUT2D eigenvalue weighted by atomic mass is 79.9.